The second kappa shape index (κ2) is 6.75. The highest BCUT2D eigenvalue weighted by molar-refractivity contribution is 5.94. The van der Waals surface area contributed by atoms with Crippen molar-refractivity contribution in [2.24, 2.45) is 0 Å². The minimum atomic E-state index is -1.01. The van der Waals surface area contributed by atoms with E-state index in [-0.39, 0.29) is 11.3 Å². The van der Waals surface area contributed by atoms with Crippen molar-refractivity contribution in [3.8, 4) is 0 Å². The Hall–Kier alpha value is -1.75. The van der Waals surface area contributed by atoms with Gasteiger partial charge in [0.25, 0.3) is 0 Å². The Kier molecular flexibility index (Phi) is 5.29. The van der Waals surface area contributed by atoms with Crippen LogP contribution in [-0.4, -0.2) is 31.3 Å². The third-order valence-corrected chi connectivity index (χ3v) is 2.39. The number of nitrogen functional groups attached to an aromatic ring is 1. The summed E-state index contributed by atoms with van der Waals surface area (Å²) >= 11 is 0. The van der Waals surface area contributed by atoms with Gasteiger partial charge in [-0.25, -0.2) is 4.79 Å². The number of anilines is 2. The van der Waals surface area contributed by atoms with Gasteiger partial charge in [-0.05, 0) is 31.0 Å². The van der Waals surface area contributed by atoms with Crippen LogP contribution in [0.25, 0.3) is 0 Å². The Labute approximate surface area is 101 Å². The van der Waals surface area contributed by atoms with Crippen LogP contribution < -0.4 is 11.1 Å². The van der Waals surface area contributed by atoms with E-state index in [9.17, 15) is 4.79 Å². The van der Waals surface area contributed by atoms with Crippen molar-refractivity contribution in [1.82, 2.24) is 0 Å². The molecule has 17 heavy (non-hydrogen) atoms. The van der Waals surface area contributed by atoms with Crippen molar-refractivity contribution in [2.75, 3.05) is 31.3 Å². The molecule has 1 aromatic rings. The van der Waals surface area contributed by atoms with Crippen molar-refractivity contribution in [1.29, 1.82) is 0 Å². The molecule has 0 saturated carbocycles. The zero-order valence-electron chi connectivity index (χ0n) is 9.90. The number of benzene rings is 1. The Morgan fingerprint density at radius 3 is 2.82 bits per heavy atom. The highest BCUT2D eigenvalue weighted by atomic mass is 16.5. The third kappa shape index (κ3) is 4.32. The van der Waals surface area contributed by atoms with Gasteiger partial charge in [-0.1, -0.05) is 0 Å². The lowest BCUT2D eigenvalue weighted by Crippen LogP contribution is -2.06. The second-order valence-electron chi connectivity index (χ2n) is 3.73. The second-order valence-corrected chi connectivity index (χ2v) is 3.73. The topological polar surface area (TPSA) is 84.6 Å². The Bertz CT molecular complexity index is 380. The summed E-state index contributed by atoms with van der Waals surface area (Å²) in [5, 5.41) is 12.0. The summed E-state index contributed by atoms with van der Waals surface area (Å²) in [7, 11) is 1.68. The van der Waals surface area contributed by atoms with E-state index in [1.54, 1.807) is 19.2 Å². The largest absolute Gasteiger partial charge is 0.478 e. The van der Waals surface area contributed by atoms with Gasteiger partial charge in [-0.3, -0.25) is 0 Å². The average molecular weight is 238 g/mol. The van der Waals surface area contributed by atoms with Gasteiger partial charge in [0, 0.05) is 31.6 Å². The molecule has 5 heteroatoms. The number of methoxy groups -OCH3 is 1. The molecule has 1 aromatic carbocycles. The van der Waals surface area contributed by atoms with E-state index in [2.05, 4.69) is 5.32 Å². The number of hydrogen-bond donors (Lipinski definition) is 3. The molecule has 0 aromatic heterocycles. The van der Waals surface area contributed by atoms with Crippen LogP contribution in [0, 0.1) is 0 Å². The fraction of sp³-hybridized carbons (Fsp3) is 0.417. The lowest BCUT2D eigenvalue weighted by atomic mass is 10.1. The smallest absolute Gasteiger partial charge is 0.337 e. The summed E-state index contributed by atoms with van der Waals surface area (Å²) in [6.45, 7) is 1.57. The van der Waals surface area contributed by atoms with E-state index < -0.39 is 5.97 Å². The molecule has 94 valence electrons. The summed E-state index contributed by atoms with van der Waals surface area (Å²) in [6, 6.07) is 4.87. The van der Waals surface area contributed by atoms with Crippen molar-refractivity contribution in [3.05, 3.63) is 23.8 Å². The van der Waals surface area contributed by atoms with Gasteiger partial charge in [0.2, 0.25) is 0 Å². The molecule has 0 unspecified atom stereocenters. The lowest BCUT2D eigenvalue weighted by molar-refractivity contribution is 0.0698. The Balaban J connectivity index is 2.45. The number of rotatable bonds is 7. The van der Waals surface area contributed by atoms with E-state index in [0.29, 0.717) is 0 Å². The van der Waals surface area contributed by atoms with E-state index >= 15 is 0 Å². The fourth-order valence-corrected chi connectivity index (χ4v) is 1.47. The molecule has 4 N–H and O–H groups in total. The maximum atomic E-state index is 10.8. The van der Waals surface area contributed by atoms with Crippen molar-refractivity contribution < 1.29 is 14.6 Å². The maximum absolute atomic E-state index is 10.8. The maximum Gasteiger partial charge on any atom is 0.337 e. The number of nitrogens with two attached hydrogens (primary N) is 1. The van der Waals surface area contributed by atoms with Crippen molar-refractivity contribution in [3.63, 3.8) is 0 Å². The van der Waals surface area contributed by atoms with Gasteiger partial charge >= 0.3 is 5.97 Å². The minimum absolute atomic E-state index is 0.134. The molecule has 0 aliphatic rings. The van der Waals surface area contributed by atoms with E-state index in [4.69, 9.17) is 15.6 Å². The molecule has 0 atom stereocenters. The highest BCUT2D eigenvalue weighted by Crippen LogP contribution is 2.17. The zero-order valence-corrected chi connectivity index (χ0v) is 9.90. The zero-order chi connectivity index (χ0) is 12.7. The Morgan fingerprint density at radius 1 is 1.47 bits per heavy atom. The molecule has 0 radical (unpaired) electrons. The SMILES string of the molecule is COCCCCNc1ccc(C(=O)O)c(N)c1. The average Bonchev–Trinajstić information content (AvgIpc) is 2.28. The third-order valence-electron chi connectivity index (χ3n) is 2.39. The van der Waals surface area contributed by atoms with Crippen LogP contribution in [0.15, 0.2) is 18.2 Å². The van der Waals surface area contributed by atoms with E-state index in [1.807, 2.05) is 0 Å². The number of hydrogen-bond acceptors (Lipinski definition) is 4. The highest BCUT2D eigenvalue weighted by Gasteiger charge is 2.07. The van der Waals surface area contributed by atoms with Gasteiger partial charge in [-0.15, -0.1) is 0 Å². The van der Waals surface area contributed by atoms with Gasteiger partial charge in [-0.2, -0.15) is 0 Å². The normalized spacial score (nSPS) is 10.2. The number of carbonyl (C=O) groups is 1. The Morgan fingerprint density at radius 2 is 2.24 bits per heavy atom. The lowest BCUT2D eigenvalue weighted by Gasteiger charge is -2.08. The van der Waals surface area contributed by atoms with E-state index in [1.165, 1.54) is 6.07 Å². The molecule has 0 bridgehead atoms. The molecule has 0 saturated heterocycles. The predicted molar refractivity (Wildman–Crippen MR) is 67.4 cm³/mol. The molecule has 0 aliphatic heterocycles. The molecule has 0 spiro atoms. The van der Waals surface area contributed by atoms with Crippen LogP contribution in [0.1, 0.15) is 23.2 Å². The fourth-order valence-electron chi connectivity index (χ4n) is 1.47. The molecule has 0 heterocycles. The molecule has 1 rings (SSSR count). The van der Waals surface area contributed by atoms with Crippen LogP contribution >= 0.6 is 0 Å². The minimum Gasteiger partial charge on any atom is -0.478 e. The molecular weight excluding hydrogens is 220 g/mol. The predicted octanol–water partition coefficient (Wildman–Crippen LogP) is 1.81. The number of nitrogens with one attached hydrogen (secondary N) is 1. The van der Waals surface area contributed by atoms with Crippen LogP contribution in [0.4, 0.5) is 11.4 Å². The van der Waals surface area contributed by atoms with Gasteiger partial charge in [0.15, 0.2) is 0 Å². The quantitative estimate of drug-likeness (QED) is 0.498. The molecular formula is C12H18N2O3. The van der Waals surface area contributed by atoms with Crippen molar-refractivity contribution in [2.45, 2.75) is 12.8 Å². The number of unbranched alkanes of at least 4 members (excludes halogenated alkanes) is 1. The first kappa shape index (κ1) is 13.3. The summed E-state index contributed by atoms with van der Waals surface area (Å²) in [6.07, 6.45) is 1.99. The van der Waals surface area contributed by atoms with Gasteiger partial charge < -0.3 is 20.9 Å². The monoisotopic (exact) mass is 238 g/mol. The van der Waals surface area contributed by atoms with Gasteiger partial charge in [0.05, 0.1) is 5.56 Å². The van der Waals surface area contributed by atoms with Crippen LogP contribution in [0.2, 0.25) is 0 Å². The number of carboxylic acid groups (broad SMARTS) is 1. The molecule has 0 amide bonds. The van der Waals surface area contributed by atoms with Crippen LogP contribution in [-0.2, 0) is 4.74 Å². The summed E-state index contributed by atoms with van der Waals surface area (Å²) in [4.78, 5) is 10.8. The number of carboxylic acids is 1. The van der Waals surface area contributed by atoms with Crippen LogP contribution in [0.5, 0.6) is 0 Å². The molecule has 0 fully saturated rings. The molecule has 5 nitrogen and oxygen atoms in total. The van der Waals surface area contributed by atoms with E-state index in [0.717, 1.165) is 31.7 Å². The summed E-state index contributed by atoms with van der Waals surface area (Å²) in [5.74, 6) is -1.01. The number of ether oxygens (including phenoxy) is 1. The van der Waals surface area contributed by atoms with Crippen LogP contribution in [0.3, 0.4) is 0 Å². The summed E-state index contributed by atoms with van der Waals surface area (Å²) < 4.78 is 4.94. The van der Waals surface area contributed by atoms with Crippen molar-refractivity contribution >= 4 is 17.3 Å². The number of aromatic carboxylic acids is 1. The summed E-state index contributed by atoms with van der Waals surface area (Å²) in [5.41, 5.74) is 6.88. The standard InChI is InChI=1S/C12H18N2O3/c1-17-7-3-2-6-14-9-4-5-10(12(15)16)11(13)8-9/h4-5,8,14H,2-3,6-7,13H2,1H3,(H,15,16). The first-order valence-electron chi connectivity index (χ1n) is 5.50. The first-order chi connectivity index (χ1) is 8.15. The first-order valence-corrected chi connectivity index (χ1v) is 5.50. The molecule has 0 aliphatic carbocycles. The van der Waals surface area contributed by atoms with Gasteiger partial charge in [0.1, 0.15) is 0 Å².